The van der Waals surface area contributed by atoms with Gasteiger partial charge in [0, 0.05) is 6.04 Å². The maximum absolute atomic E-state index is 3.37. The Morgan fingerprint density at radius 3 is 2.21 bits per heavy atom. The first kappa shape index (κ1) is 11.3. The van der Waals surface area contributed by atoms with Gasteiger partial charge in [-0.3, -0.25) is 0 Å². The average Bonchev–Trinajstić information content (AvgIpc) is 2.20. The normalized spacial score (nSPS) is 13.1. The van der Waals surface area contributed by atoms with Gasteiger partial charge in [0.2, 0.25) is 0 Å². The molecule has 0 bridgehead atoms. The van der Waals surface area contributed by atoms with Crippen LogP contribution in [-0.4, -0.2) is 7.05 Å². The first-order chi connectivity index (χ1) is 6.74. The highest BCUT2D eigenvalue weighted by molar-refractivity contribution is 5.18. The molecular formula is C13H21N. The van der Waals surface area contributed by atoms with E-state index in [1.54, 1.807) is 0 Å². The van der Waals surface area contributed by atoms with E-state index in [1.165, 1.54) is 18.4 Å². The van der Waals surface area contributed by atoms with Crippen LogP contribution in [-0.2, 0) is 0 Å². The van der Waals surface area contributed by atoms with Crippen LogP contribution in [0.2, 0.25) is 0 Å². The summed E-state index contributed by atoms with van der Waals surface area (Å²) < 4.78 is 0. The lowest BCUT2D eigenvalue weighted by Gasteiger charge is -2.17. The van der Waals surface area contributed by atoms with E-state index >= 15 is 0 Å². The molecule has 0 amide bonds. The number of hydrogen-bond donors (Lipinski definition) is 1. The second-order valence-corrected chi connectivity index (χ2v) is 4.22. The Morgan fingerprint density at radius 2 is 1.71 bits per heavy atom. The van der Waals surface area contributed by atoms with Crippen LogP contribution < -0.4 is 5.32 Å². The number of nitrogens with one attached hydrogen (secondary N) is 1. The molecule has 0 aliphatic heterocycles. The largest absolute Gasteiger partial charge is 0.313 e. The fraction of sp³-hybridized carbons (Fsp3) is 0.538. The molecule has 1 N–H and O–H groups in total. The Bertz CT molecular complexity index is 241. The molecule has 1 aromatic carbocycles. The lowest BCUT2D eigenvalue weighted by atomic mass is 9.98. The lowest BCUT2D eigenvalue weighted by Crippen LogP contribution is -2.16. The van der Waals surface area contributed by atoms with E-state index in [4.69, 9.17) is 0 Å². The standard InChI is InChI=1S/C13H21N/c1-11(2)9-10-13(14-3)12-7-5-4-6-8-12/h4-8,11,13-14H,9-10H2,1-3H3/t13-/m1/s1. The summed E-state index contributed by atoms with van der Waals surface area (Å²) in [6.45, 7) is 4.55. The molecular weight excluding hydrogens is 170 g/mol. The number of benzene rings is 1. The minimum Gasteiger partial charge on any atom is -0.313 e. The number of hydrogen-bond acceptors (Lipinski definition) is 1. The van der Waals surface area contributed by atoms with E-state index < -0.39 is 0 Å². The van der Waals surface area contributed by atoms with Crippen LogP contribution in [0.3, 0.4) is 0 Å². The second kappa shape index (κ2) is 5.82. The van der Waals surface area contributed by atoms with Gasteiger partial charge in [-0.25, -0.2) is 0 Å². The van der Waals surface area contributed by atoms with E-state index in [9.17, 15) is 0 Å². The molecule has 0 spiro atoms. The Balaban J connectivity index is 2.54. The first-order valence-corrected chi connectivity index (χ1v) is 5.46. The zero-order valence-electron chi connectivity index (χ0n) is 9.46. The summed E-state index contributed by atoms with van der Waals surface area (Å²) >= 11 is 0. The molecule has 0 fully saturated rings. The molecule has 1 heteroatoms. The van der Waals surface area contributed by atoms with Gasteiger partial charge in [0.15, 0.2) is 0 Å². The van der Waals surface area contributed by atoms with Gasteiger partial charge in [0.05, 0.1) is 0 Å². The molecule has 1 nitrogen and oxygen atoms in total. The molecule has 1 atom stereocenters. The Kier molecular flexibility index (Phi) is 4.68. The van der Waals surface area contributed by atoms with Crippen LogP contribution >= 0.6 is 0 Å². The highest BCUT2D eigenvalue weighted by Gasteiger charge is 2.08. The molecule has 0 aliphatic rings. The third kappa shape index (κ3) is 3.51. The lowest BCUT2D eigenvalue weighted by molar-refractivity contribution is 0.465. The smallest absolute Gasteiger partial charge is 0.0317 e. The van der Waals surface area contributed by atoms with Gasteiger partial charge < -0.3 is 5.32 Å². The van der Waals surface area contributed by atoms with Crippen LogP contribution in [0, 0.1) is 5.92 Å². The van der Waals surface area contributed by atoms with Crippen molar-refractivity contribution in [2.24, 2.45) is 5.92 Å². The summed E-state index contributed by atoms with van der Waals surface area (Å²) in [5, 5.41) is 3.37. The predicted molar refractivity (Wildman–Crippen MR) is 62.3 cm³/mol. The summed E-state index contributed by atoms with van der Waals surface area (Å²) in [6.07, 6.45) is 2.50. The van der Waals surface area contributed by atoms with E-state index in [1.807, 2.05) is 7.05 Å². The summed E-state index contributed by atoms with van der Waals surface area (Å²) in [5.74, 6) is 0.787. The van der Waals surface area contributed by atoms with Crippen molar-refractivity contribution < 1.29 is 0 Å². The Hall–Kier alpha value is -0.820. The molecule has 0 heterocycles. The molecule has 0 aliphatic carbocycles. The van der Waals surface area contributed by atoms with Gasteiger partial charge in [-0.1, -0.05) is 44.2 Å². The Morgan fingerprint density at radius 1 is 1.07 bits per heavy atom. The Labute approximate surface area is 87.5 Å². The van der Waals surface area contributed by atoms with Crippen molar-refractivity contribution >= 4 is 0 Å². The van der Waals surface area contributed by atoms with Crippen molar-refractivity contribution in [1.82, 2.24) is 5.32 Å². The van der Waals surface area contributed by atoms with E-state index in [0.29, 0.717) is 6.04 Å². The summed E-state index contributed by atoms with van der Waals surface area (Å²) in [5.41, 5.74) is 1.40. The van der Waals surface area contributed by atoms with Crippen molar-refractivity contribution in [1.29, 1.82) is 0 Å². The molecule has 0 radical (unpaired) electrons. The van der Waals surface area contributed by atoms with Crippen LogP contribution in [0.15, 0.2) is 30.3 Å². The average molecular weight is 191 g/mol. The zero-order chi connectivity index (χ0) is 10.4. The van der Waals surface area contributed by atoms with Gasteiger partial charge in [-0.15, -0.1) is 0 Å². The van der Waals surface area contributed by atoms with Gasteiger partial charge in [-0.2, -0.15) is 0 Å². The minimum atomic E-state index is 0.513. The highest BCUT2D eigenvalue weighted by atomic mass is 14.9. The molecule has 78 valence electrons. The third-order valence-electron chi connectivity index (χ3n) is 2.58. The van der Waals surface area contributed by atoms with Crippen LogP contribution in [0.25, 0.3) is 0 Å². The van der Waals surface area contributed by atoms with Gasteiger partial charge in [0.1, 0.15) is 0 Å². The maximum Gasteiger partial charge on any atom is 0.0317 e. The van der Waals surface area contributed by atoms with Crippen molar-refractivity contribution in [3.8, 4) is 0 Å². The monoisotopic (exact) mass is 191 g/mol. The molecule has 1 aromatic rings. The molecule has 0 saturated carbocycles. The van der Waals surface area contributed by atoms with Crippen molar-refractivity contribution in [2.75, 3.05) is 7.05 Å². The van der Waals surface area contributed by atoms with Crippen molar-refractivity contribution in [3.05, 3.63) is 35.9 Å². The molecule has 0 unspecified atom stereocenters. The highest BCUT2D eigenvalue weighted by Crippen LogP contribution is 2.19. The predicted octanol–water partition coefficient (Wildman–Crippen LogP) is 3.38. The second-order valence-electron chi connectivity index (χ2n) is 4.22. The SMILES string of the molecule is CN[C@H](CCC(C)C)c1ccccc1. The summed E-state index contributed by atoms with van der Waals surface area (Å²) in [6, 6.07) is 11.2. The van der Waals surface area contributed by atoms with Gasteiger partial charge in [-0.05, 0) is 31.4 Å². The van der Waals surface area contributed by atoms with Crippen molar-refractivity contribution in [2.45, 2.75) is 32.7 Å². The van der Waals surface area contributed by atoms with E-state index in [-0.39, 0.29) is 0 Å². The minimum absolute atomic E-state index is 0.513. The summed E-state index contributed by atoms with van der Waals surface area (Å²) in [7, 11) is 2.04. The molecule has 1 rings (SSSR count). The molecule has 0 saturated heterocycles. The maximum atomic E-state index is 3.37. The number of rotatable bonds is 5. The fourth-order valence-electron chi connectivity index (χ4n) is 1.66. The first-order valence-electron chi connectivity index (χ1n) is 5.46. The third-order valence-corrected chi connectivity index (χ3v) is 2.58. The van der Waals surface area contributed by atoms with Crippen LogP contribution in [0.1, 0.15) is 38.3 Å². The van der Waals surface area contributed by atoms with Crippen LogP contribution in [0.4, 0.5) is 0 Å². The van der Waals surface area contributed by atoms with Gasteiger partial charge in [0.25, 0.3) is 0 Å². The van der Waals surface area contributed by atoms with E-state index in [0.717, 1.165) is 5.92 Å². The fourth-order valence-corrected chi connectivity index (χ4v) is 1.66. The van der Waals surface area contributed by atoms with Crippen molar-refractivity contribution in [3.63, 3.8) is 0 Å². The summed E-state index contributed by atoms with van der Waals surface area (Å²) in [4.78, 5) is 0. The quantitative estimate of drug-likeness (QED) is 0.752. The molecule has 0 aromatic heterocycles. The van der Waals surface area contributed by atoms with Gasteiger partial charge >= 0.3 is 0 Å². The van der Waals surface area contributed by atoms with Crippen LogP contribution in [0.5, 0.6) is 0 Å². The topological polar surface area (TPSA) is 12.0 Å². The molecule has 14 heavy (non-hydrogen) atoms. The zero-order valence-corrected chi connectivity index (χ0v) is 9.46. The van der Waals surface area contributed by atoms with E-state index in [2.05, 4.69) is 49.5 Å².